The van der Waals surface area contributed by atoms with Crippen LogP contribution in [0.2, 0.25) is 0 Å². The molecule has 2 heterocycles. The molecular formula is C11H10N2O3S. The van der Waals surface area contributed by atoms with Crippen LogP contribution in [-0.2, 0) is 12.8 Å². The van der Waals surface area contributed by atoms with Crippen molar-refractivity contribution in [2.75, 3.05) is 0 Å². The highest BCUT2D eigenvalue weighted by Crippen LogP contribution is 2.34. The van der Waals surface area contributed by atoms with Crippen LogP contribution in [0.3, 0.4) is 0 Å². The largest absolute Gasteiger partial charge is 0.474 e. The van der Waals surface area contributed by atoms with Crippen molar-refractivity contribution in [1.82, 2.24) is 10.2 Å². The summed E-state index contributed by atoms with van der Waals surface area (Å²) in [5, 5.41) is 16.0. The maximum absolute atomic E-state index is 10.6. The molecule has 1 aliphatic rings. The SMILES string of the molecule is O=C(O)c1nnc(-c2cc3c(s2)CCCC3)o1. The quantitative estimate of drug-likeness (QED) is 0.885. The first-order valence-corrected chi connectivity index (χ1v) is 6.24. The van der Waals surface area contributed by atoms with E-state index in [9.17, 15) is 4.79 Å². The molecule has 2 aromatic heterocycles. The Kier molecular flexibility index (Phi) is 2.44. The highest BCUT2D eigenvalue weighted by atomic mass is 32.1. The summed E-state index contributed by atoms with van der Waals surface area (Å²) >= 11 is 1.62. The molecule has 0 amide bonds. The van der Waals surface area contributed by atoms with Gasteiger partial charge in [0.25, 0.3) is 5.89 Å². The van der Waals surface area contributed by atoms with Crippen LogP contribution in [0.4, 0.5) is 0 Å². The smallest absolute Gasteiger partial charge is 0.393 e. The third-order valence-corrected chi connectivity index (χ3v) is 4.04. The Morgan fingerprint density at radius 1 is 1.35 bits per heavy atom. The number of thiophene rings is 1. The number of rotatable bonds is 2. The summed E-state index contributed by atoms with van der Waals surface area (Å²) in [5.74, 6) is -1.24. The number of carboxylic acids is 1. The van der Waals surface area contributed by atoms with Crippen LogP contribution < -0.4 is 0 Å². The zero-order chi connectivity index (χ0) is 11.8. The molecule has 0 spiro atoms. The summed E-state index contributed by atoms with van der Waals surface area (Å²) < 4.78 is 5.10. The topological polar surface area (TPSA) is 76.2 Å². The zero-order valence-electron chi connectivity index (χ0n) is 8.97. The summed E-state index contributed by atoms with van der Waals surface area (Å²) in [6.45, 7) is 0. The van der Waals surface area contributed by atoms with Gasteiger partial charge in [0, 0.05) is 4.88 Å². The van der Waals surface area contributed by atoms with Gasteiger partial charge in [-0.1, -0.05) is 0 Å². The molecule has 0 saturated carbocycles. The van der Waals surface area contributed by atoms with Crippen LogP contribution in [0.5, 0.6) is 0 Å². The number of aromatic nitrogens is 2. The Hall–Kier alpha value is -1.69. The summed E-state index contributed by atoms with van der Waals surface area (Å²) in [4.78, 5) is 12.9. The van der Waals surface area contributed by atoms with E-state index in [-0.39, 0.29) is 5.89 Å². The first kappa shape index (κ1) is 10.5. The molecule has 0 atom stereocenters. The molecule has 2 aromatic rings. The lowest BCUT2D eigenvalue weighted by Crippen LogP contribution is -1.96. The fraction of sp³-hybridized carbons (Fsp3) is 0.364. The van der Waals surface area contributed by atoms with Gasteiger partial charge in [0.1, 0.15) is 0 Å². The zero-order valence-corrected chi connectivity index (χ0v) is 9.79. The van der Waals surface area contributed by atoms with E-state index in [4.69, 9.17) is 9.52 Å². The number of nitrogens with zero attached hydrogens (tertiary/aromatic N) is 2. The number of carbonyl (C=O) groups is 1. The number of fused-ring (bicyclic) bond motifs is 1. The highest BCUT2D eigenvalue weighted by molar-refractivity contribution is 7.15. The molecule has 0 saturated heterocycles. The minimum atomic E-state index is -1.19. The maximum atomic E-state index is 10.6. The maximum Gasteiger partial charge on any atom is 0.393 e. The van der Waals surface area contributed by atoms with E-state index in [0.717, 1.165) is 17.7 Å². The molecule has 0 aromatic carbocycles. The van der Waals surface area contributed by atoms with Gasteiger partial charge < -0.3 is 9.52 Å². The average molecular weight is 250 g/mol. The number of hydrogen-bond donors (Lipinski definition) is 1. The Balaban J connectivity index is 1.97. The van der Waals surface area contributed by atoms with Crippen LogP contribution >= 0.6 is 11.3 Å². The van der Waals surface area contributed by atoms with Crippen molar-refractivity contribution in [2.24, 2.45) is 0 Å². The van der Waals surface area contributed by atoms with Crippen molar-refractivity contribution in [1.29, 1.82) is 0 Å². The monoisotopic (exact) mass is 250 g/mol. The lowest BCUT2D eigenvalue weighted by Gasteiger charge is -2.08. The van der Waals surface area contributed by atoms with Gasteiger partial charge in [-0.2, -0.15) is 0 Å². The third-order valence-electron chi connectivity index (χ3n) is 2.82. The number of carboxylic acid groups (broad SMARTS) is 1. The van der Waals surface area contributed by atoms with Crippen molar-refractivity contribution in [3.8, 4) is 10.8 Å². The molecule has 0 radical (unpaired) electrons. The fourth-order valence-electron chi connectivity index (χ4n) is 2.01. The summed E-state index contributed by atoms with van der Waals surface area (Å²) in [6.07, 6.45) is 4.62. The molecule has 6 heteroatoms. The molecule has 1 N–H and O–H groups in total. The van der Waals surface area contributed by atoms with E-state index >= 15 is 0 Å². The first-order valence-electron chi connectivity index (χ1n) is 5.43. The van der Waals surface area contributed by atoms with Crippen LogP contribution in [0, 0.1) is 0 Å². The number of aromatic carboxylic acids is 1. The van der Waals surface area contributed by atoms with Crippen molar-refractivity contribution < 1.29 is 14.3 Å². The van der Waals surface area contributed by atoms with E-state index in [0.29, 0.717) is 5.89 Å². The van der Waals surface area contributed by atoms with Gasteiger partial charge in [-0.3, -0.25) is 0 Å². The van der Waals surface area contributed by atoms with Crippen LogP contribution in [0.25, 0.3) is 10.8 Å². The van der Waals surface area contributed by atoms with Gasteiger partial charge in [-0.25, -0.2) is 4.79 Å². The van der Waals surface area contributed by atoms with Crippen molar-refractivity contribution >= 4 is 17.3 Å². The first-order chi connectivity index (χ1) is 8.24. The molecule has 0 aliphatic heterocycles. The van der Waals surface area contributed by atoms with E-state index in [1.807, 2.05) is 6.07 Å². The second-order valence-corrected chi connectivity index (χ2v) is 5.12. The lowest BCUT2D eigenvalue weighted by atomic mass is 9.99. The molecule has 1 aliphatic carbocycles. The van der Waals surface area contributed by atoms with Gasteiger partial charge in [0.05, 0.1) is 4.88 Å². The summed E-state index contributed by atoms with van der Waals surface area (Å²) in [6, 6.07) is 2.04. The summed E-state index contributed by atoms with van der Waals surface area (Å²) in [5.41, 5.74) is 1.34. The van der Waals surface area contributed by atoms with Gasteiger partial charge in [-0.15, -0.1) is 21.5 Å². The standard InChI is InChI=1S/C11H10N2O3S/c14-11(15)10-13-12-9(16-10)8-5-6-3-1-2-4-7(6)17-8/h5H,1-4H2,(H,14,15). The number of aryl methyl sites for hydroxylation is 2. The van der Waals surface area contributed by atoms with Crippen LogP contribution in [-0.4, -0.2) is 21.3 Å². The predicted octanol–water partition coefficient (Wildman–Crippen LogP) is 2.38. The van der Waals surface area contributed by atoms with Gasteiger partial charge in [0.2, 0.25) is 0 Å². The molecule has 0 bridgehead atoms. The van der Waals surface area contributed by atoms with E-state index in [1.54, 1.807) is 11.3 Å². The minimum absolute atomic E-state index is 0.307. The molecule has 88 valence electrons. The molecule has 0 fully saturated rings. The highest BCUT2D eigenvalue weighted by Gasteiger charge is 2.19. The van der Waals surface area contributed by atoms with E-state index in [2.05, 4.69) is 10.2 Å². The molecule has 17 heavy (non-hydrogen) atoms. The number of hydrogen-bond acceptors (Lipinski definition) is 5. The van der Waals surface area contributed by atoms with E-state index < -0.39 is 5.97 Å². The van der Waals surface area contributed by atoms with Crippen molar-refractivity contribution in [3.05, 3.63) is 22.4 Å². The summed E-state index contributed by atoms with van der Waals surface area (Å²) in [7, 11) is 0. The lowest BCUT2D eigenvalue weighted by molar-refractivity contribution is 0.0654. The normalized spacial score (nSPS) is 14.6. The van der Waals surface area contributed by atoms with Crippen LogP contribution in [0.15, 0.2) is 10.5 Å². The second-order valence-electron chi connectivity index (χ2n) is 3.98. The predicted molar refractivity (Wildman–Crippen MR) is 61.2 cm³/mol. The Morgan fingerprint density at radius 2 is 2.18 bits per heavy atom. The molecule has 5 nitrogen and oxygen atoms in total. The average Bonchev–Trinajstić information content (AvgIpc) is 2.95. The molecule has 3 rings (SSSR count). The van der Waals surface area contributed by atoms with Gasteiger partial charge in [-0.05, 0) is 37.3 Å². The molecule has 0 unspecified atom stereocenters. The third kappa shape index (κ3) is 1.84. The van der Waals surface area contributed by atoms with Crippen molar-refractivity contribution in [3.63, 3.8) is 0 Å². The minimum Gasteiger partial charge on any atom is -0.474 e. The van der Waals surface area contributed by atoms with Crippen LogP contribution in [0.1, 0.15) is 34.0 Å². The Labute approximate surface area is 101 Å². The molecular weight excluding hydrogens is 240 g/mol. The second kappa shape index (κ2) is 3.96. The Morgan fingerprint density at radius 3 is 2.88 bits per heavy atom. The van der Waals surface area contributed by atoms with Gasteiger partial charge >= 0.3 is 11.9 Å². The Bertz CT molecular complexity index is 550. The van der Waals surface area contributed by atoms with Gasteiger partial charge in [0.15, 0.2) is 0 Å². The van der Waals surface area contributed by atoms with E-state index in [1.165, 1.54) is 23.3 Å². The van der Waals surface area contributed by atoms with Crippen molar-refractivity contribution in [2.45, 2.75) is 25.7 Å². The fourth-order valence-corrected chi connectivity index (χ4v) is 3.18.